The van der Waals surface area contributed by atoms with Crippen LogP contribution in [0.3, 0.4) is 0 Å². The van der Waals surface area contributed by atoms with Gasteiger partial charge in [-0.25, -0.2) is 17.2 Å². The quantitative estimate of drug-likeness (QED) is 0.544. The zero-order valence-electron chi connectivity index (χ0n) is 17.1. The van der Waals surface area contributed by atoms with E-state index in [2.05, 4.69) is 5.32 Å². The molecule has 0 aromatic heterocycles. The van der Waals surface area contributed by atoms with E-state index in [0.29, 0.717) is 5.56 Å². The molecule has 0 aliphatic heterocycles. The van der Waals surface area contributed by atoms with Crippen LogP contribution in [0.5, 0.6) is 5.75 Å². The predicted molar refractivity (Wildman–Crippen MR) is 118 cm³/mol. The molecule has 3 aromatic rings. The van der Waals surface area contributed by atoms with Crippen LogP contribution in [0, 0.1) is 11.6 Å². The maximum absolute atomic E-state index is 13.8. The van der Waals surface area contributed by atoms with Crippen molar-refractivity contribution in [3.05, 3.63) is 88.4 Å². The Morgan fingerprint density at radius 2 is 1.75 bits per heavy atom. The number of hydrogen-bond donors (Lipinski definition) is 1. The molecular weight excluding hydrogens is 462 g/mol. The second-order valence-corrected chi connectivity index (χ2v) is 9.12. The monoisotopic (exact) mass is 480 g/mol. The highest BCUT2D eigenvalue weighted by Gasteiger charge is 2.24. The summed E-state index contributed by atoms with van der Waals surface area (Å²) in [7, 11) is -1.39. The number of carbonyl (C=O) groups is 1. The summed E-state index contributed by atoms with van der Waals surface area (Å²) in [6.45, 7) is -0.0114. The third-order valence-corrected chi connectivity index (χ3v) is 6.81. The minimum atomic E-state index is -4.05. The van der Waals surface area contributed by atoms with Crippen LogP contribution in [0.15, 0.2) is 65.6 Å². The van der Waals surface area contributed by atoms with Crippen LogP contribution in [0.25, 0.3) is 0 Å². The van der Waals surface area contributed by atoms with Gasteiger partial charge in [-0.1, -0.05) is 17.7 Å². The summed E-state index contributed by atoms with van der Waals surface area (Å²) < 4.78 is 58.8. The Hall–Kier alpha value is -3.17. The smallest absolute Gasteiger partial charge is 0.264 e. The number of anilines is 1. The third-order valence-electron chi connectivity index (χ3n) is 4.70. The number of nitrogens with one attached hydrogen (secondary N) is 1. The summed E-state index contributed by atoms with van der Waals surface area (Å²) in [6, 6.07) is 12.9. The van der Waals surface area contributed by atoms with Gasteiger partial charge in [0.1, 0.15) is 5.82 Å². The van der Waals surface area contributed by atoms with E-state index in [0.717, 1.165) is 22.5 Å². The van der Waals surface area contributed by atoms with Crippen molar-refractivity contribution < 1.29 is 26.7 Å². The molecule has 6 nitrogen and oxygen atoms in total. The number of rotatable bonds is 7. The van der Waals surface area contributed by atoms with Crippen LogP contribution in [-0.4, -0.2) is 28.5 Å². The molecule has 0 unspecified atom stereocenters. The van der Waals surface area contributed by atoms with Crippen molar-refractivity contribution in [1.29, 1.82) is 0 Å². The number of nitrogens with zero attached hydrogens (tertiary/aromatic N) is 1. The predicted octanol–water partition coefficient (Wildman–Crippen LogP) is 4.38. The molecule has 0 fully saturated rings. The fourth-order valence-electron chi connectivity index (χ4n) is 2.88. The summed E-state index contributed by atoms with van der Waals surface area (Å²) in [4.78, 5) is 12.5. The lowest BCUT2D eigenvalue weighted by Crippen LogP contribution is -2.27. The number of sulfonamides is 1. The molecule has 0 radical (unpaired) electrons. The third kappa shape index (κ3) is 5.00. The Balaban J connectivity index is 1.82. The fraction of sp³-hybridized carbons (Fsp3) is 0.136. The van der Waals surface area contributed by atoms with Crippen molar-refractivity contribution in [1.82, 2.24) is 5.32 Å². The molecule has 0 aliphatic rings. The number of amides is 1. The highest BCUT2D eigenvalue weighted by Crippen LogP contribution is 2.26. The summed E-state index contributed by atoms with van der Waals surface area (Å²) in [5, 5.41) is 2.63. The highest BCUT2D eigenvalue weighted by molar-refractivity contribution is 7.92. The van der Waals surface area contributed by atoms with Crippen molar-refractivity contribution in [2.75, 3.05) is 18.5 Å². The molecule has 1 N–H and O–H groups in total. The molecular formula is C22H19ClF2N2O4S. The van der Waals surface area contributed by atoms with Gasteiger partial charge in [-0.3, -0.25) is 9.10 Å². The van der Waals surface area contributed by atoms with Gasteiger partial charge in [-0.05, 0) is 60.2 Å². The van der Waals surface area contributed by atoms with Gasteiger partial charge >= 0.3 is 0 Å². The van der Waals surface area contributed by atoms with Crippen molar-refractivity contribution in [2.24, 2.45) is 0 Å². The lowest BCUT2D eigenvalue weighted by Gasteiger charge is -2.20. The first-order valence-electron chi connectivity index (χ1n) is 9.28. The van der Waals surface area contributed by atoms with E-state index >= 15 is 0 Å². The highest BCUT2D eigenvalue weighted by atomic mass is 35.5. The molecule has 0 atom stereocenters. The van der Waals surface area contributed by atoms with Crippen molar-refractivity contribution in [3.8, 4) is 5.75 Å². The van der Waals surface area contributed by atoms with Gasteiger partial charge in [0, 0.05) is 13.6 Å². The van der Waals surface area contributed by atoms with Crippen LogP contribution < -0.4 is 14.4 Å². The molecule has 168 valence electrons. The molecule has 10 heteroatoms. The maximum atomic E-state index is 13.8. The first kappa shape index (κ1) is 23.5. The molecule has 0 saturated heterocycles. The lowest BCUT2D eigenvalue weighted by atomic mass is 10.2. The number of halogens is 3. The van der Waals surface area contributed by atoms with Crippen LogP contribution in [-0.2, 0) is 16.6 Å². The molecule has 3 aromatic carbocycles. The molecule has 0 heterocycles. The van der Waals surface area contributed by atoms with Gasteiger partial charge in [0.25, 0.3) is 15.9 Å². The Labute approximate surface area is 189 Å². The second-order valence-electron chi connectivity index (χ2n) is 6.74. The Kier molecular flexibility index (Phi) is 7.00. The summed E-state index contributed by atoms with van der Waals surface area (Å²) >= 11 is 6.11. The Morgan fingerprint density at radius 1 is 1.06 bits per heavy atom. The summed E-state index contributed by atoms with van der Waals surface area (Å²) in [5.41, 5.74) is 0.663. The van der Waals surface area contributed by atoms with Crippen molar-refractivity contribution in [2.45, 2.75) is 11.4 Å². The minimum absolute atomic E-state index is 0.0114. The molecule has 0 aliphatic carbocycles. The van der Waals surface area contributed by atoms with E-state index in [4.69, 9.17) is 16.3 Å². The van der Waals surface area contributed by atoms with Crippen LogP contribution in [0.4, 0.5) is 14.5 Å². The van der Waals surface area contributed by atoms with Gasteiger partial charge < -0.3 is 10.1 Å². The van der Waals surface area contributed by atoms with E-state index in [9.17, 15) is 22.0 Å². The van der Waals surface area contributed by atoms with Gasteiger partial charge in [-0.2, -0.15) is 0 Å². The average molecular weight is 481 g/mol. The van der Waals surface area contributed by atoms with Gasteiger partial charge in [0.15, 0.2) is 11.6 Å². The SMILES string of the molecule is COc1ccc(CNC(=O)c2cc(S(=O)(=O)N(C)c3ccc(F)cc3)ccc2Cl)cc1F. The number of benzene rings is 3. The van der Waals surface area contributed by atoms with Gasteiger partial charge in [0.2, 0.25) is 0 Å². The van der Waals surface area contributed by atoms with Gasteiger partial charge in [-0.15, -0.1) is 0 Å². The van der Waals surface area contributed by atoms with Crippen molar-refractivity contribution >= 4 is 33.2 Å². The van der Waals surface area contributed by atoms with Crippen molar-refractivity contribution in [3.63, 3.8) is 0 Å². The van der Waals surface area contributed by atoms with Gasteiger partial charge in [0.05, 0.1) is 28.3 Å². The van der Waals surface area contributed by atoms with E-state index in [-0.39, 0.29) is 33.5 Å². The van der Waals surface area contributed by atoms with E-state index in [1.54, 1.807) is 6.07 Å². The first-order chi connectivity index (χ1) is 15.1. The van der Waals surface area contributed by atoms with E-state index in [1.165, 1.54) is 50.6 Å². The van der Waals surface area contributed by atoms with Crippen LogP contribution in [0.2, 0.25) is 5.02 Å². The molecule has 3 rings (SSSR count). The molecule has 32 heavy (non-hydrogen) atoms. The average Bonchev–Trinajstić information content (AvgIpc) is 2.77. The number of ether oxygens (including phenoxy) is 1. The fourth-order valence-corrected chi connectivity index (χ4v) is 4.31. The van der Waals surface area contributed by atoms with Crippen LogP contribution >= 0.6 is 11.6 Å². The minimum Gasteiger partial charge on any atom is -0.494 e. The normalized spacial score (nSPS) is 11.2. The molecule has 0 spiro atoms. The topological polar surface area (TPSA) is 75.7 Å². The molecule has 0 bridgehead atoms. The number of methoxy groups -OCH3 is 1. The van der Waals surface area contributed by atoms with Crippen LogP contribution in [0.1, 0.15) is 15.9 Å². The zero-order valence-corrected chi connectivity index (χ0v) is 18.7. The summed E-state index contributed by atoms with van der Waals surface area (Å²) in [6.07, 6.45) is 0. The number of hydrogen-bond acceptors (Lipinski definition) is 4. The first-order valence-corrected chi connectivity index (χ1v) is 11.1. The maximum Gasteiger partial charge on any atom is 0.264 e. The van der Waals surface area contributed by atoms with E-state index in [1.807, 2.05) is 0 Å². The molecule has 1 amide bonds. The Bertz CT molecular complexity index is 1250. The van der Waals surface area contributed by atoms with E-state index < -0.39 is 27.6 Å². The number of carbonyl (C=O) groups excluding carboxylic acids is 1. The standard InChI is InChI=1S/C22H19ClF2N2O4S/c1-27(16-6-4-15(24)5-7-16)32(29,30)17-8-9-19(23)18(12-17)22(28)26-13-14-3-10-21(31-2)20(25)11-14/h3-12H,13H2,1-2H3,(H,26,28). The summed E-state index contributed by atoms with van der Waals surface area (Å²) in [5.74, 6) is -1.63. The second kappa shape index (κ2) is 9.54. The lowest BCUT2D eigenvalue weighted by molar-refractivity contribution is 0.0950. The molecule has 0 saturated carbocycles. The zero-order chi connectivity index (χ0) is 23.5. The largest absolute Gasteiger partial charge is 0.494 e. The Morgan fingerprint density at radius 3 is 2.38 bits per heavy atom.